The molecule has 3 rings (SSSR count). The van der Waals surface area contributed by atoms with Crippen LogP contribution >= 0.6 is 11.3 Å². The molecule has 0 unspecified atom stereocenters. The van der Waals surface area contributed by atoms with E-state index in [-0.39, 0.29) is 17.9 Å². The first-order valence-electron chi connectivity index (χ1n) is 9.17. The lowest BCUT2D eigenvalue weighted by Crippen LogP contribution is -2.43. The largest absolute Gasteiger partial charge is 0.444 e. The number of amides is 2. The number of fused-ring (bicyclic) bond motifs is 1. The first-order chi connectivity index (χ1) is 12.2. The number of nitrogens with zero attached hydrogens (tertiary/aromatic N) is 3. The van der Waals surface area contributed by atoms with E-state index in [1.54, 1.807) is 16.2 Å². The van der Waals surface area contributed by atoms with E-state index in [0.29, 0.717) is 31.1 Å². The highest BCUT2D eigenvalue weighted by Crippen LogP contribution is 2.29. The number of thiazole rings is 1. The second-order valence-electron chi connectivity index (χ2n) is 8.11. The van der Waals surface area contributed by atoms with E-state index in [9.17, 15) is 9.59 Å². The molecule has 1 aromatic rings. The van der Waals surface area contributed by atoms with Crippen LogP contribution in [0.15, 0.2) is 0 Å². The number of anilines is 1. The van der Waals surface area contributed by atoms with Crippen LogP contribution in [0.3, 0.4) is 0 Å². The molecule has 144 valence electrons. The summed E-state index contributed by atoms with van der Waals surface area (Å²) < 4.78 is 5.40. The van der Waals surface area contributed by atoms with E-state index in [0.717, 1.165) is 25.2 Å². The summed E-state index contributed by atoms with van der Waals surface area (Å²) in [6.45, 7) is 8.58. The van der Waals surface area contributed by atoms with Crippen molar-refractivity contribution in [3.05, 3.63) is 10.6 Å². The molecule has 8 heteroatoms. The monoisotopic (exact) mass is 380 g/mol. The zero-order valence-corrected chi connectivity index (χ0v) is 16.8. The molecule has 0 aliphatic carbocycles. The summed E-state index contributed by atoms with van der Waals surface area (Å²) >= 11 is 1.57. The molecule has 1 fully saturated rings. The lowest BCUT2D eigenvalue weighted by atomic mass is 9.96. The highest BCUT2D eigenvalue weighted by Gasteiger charge is 2.30. The molecule has 0 aromatic carbocycles. The second-order valence-corrected chi connectivity index (χ2v) is 9.19. The summed E-state index contributed by atoms with van der Waals surface area (Å²) in [7, 11) is 2.10. The molecule has 2 aliphatic heterocycles. The zero-order valence-electron chi connectivity index (χ0n) is 16.0. The summed E-state index contributed by atoms with van der Waals surface area (Å²) in [5.74, 6) is -0.0782. The third kappa shape index (κ3) is 4.73. The minimum atomic E-state index is -0.497. The van der Waals surface area contributed by atoms with Crippen molar-refractivity contribution in [3.63, 3.8) is 0 Å². The van der Waals surface area contributed by atoms with Crippen LogP contribution < -0.4 is 5.32 Å². The van der Waals surface area contributed by atoms with Crippen LogP contribution in [-0.2, 0) is 22.5 Å². The van der Waals surface area contributed by atoms with Crippen LogP contribution in [0.4, 0.5) is 9.93 Å². The molecule has 0 spiro atoms. The molecule has 0 atom stereocenters. The summed E-state index contributed by atoms with van der Waals surface area (Å²) in [6, 6.07) is 0. The van der Waals surface area contributed by atoms with Gasteiger partial charge in [0.15, 0.2) is 5.13 Å². The lowest BCUT2D eigenvalue weighted by molar-refractivity contribution is -0.121. The number of aromatic nitrogens is 1. The molecule has 0 radical (unpaired) electrons. The molecule has 2 aliphatic rings. The Morgan fingerprint density at radius 1 is 1.23 bits per heavy atom. The van der Waals surface area contributed by atoms with E-state index in [2.05, 4.69) is 22.2 Å². The molecule has 2 amide bonds. The van der Waals surface area contributed by atoms with Gasteiger partial charge in [-0.3, -0.25) is 4.79 Å². The van der Waals surface area contributed by atoms with Gasteiger partial charge in [-0.2, -0.15) is 0 Å². The van der Waals surface area contributed by atoms with E-state index >= 15 is 0 Å². The number of carbonyl (C=O) groups excluding carboxylic acids is 2. The van der Waals surface area contributed by atoms with Gasteiger partial charge in [0.05, 0.1) is 5.69 Å². The minimum Gasteiger partial charge on any atom is -0.444 e. The zero-order chi connectivity index (χ0) is 18.9. The third-order valence-electron chi connectivity index (χ3n) is 4.67. The molecule has 1 saturated heterocycles. The topological polar surface area (TPSA) is 74.8 Å². The SMILES string of the molecule is CN1CCc2nc(NC(=O)C3CCN(C(=O)OC(C)(C)C)CC3)sc2C1. The number of ether oxygens (including phenoxy) is 1. The summed E-state index contributed by atoms with van der Waals surface area (Å²) in [6.07, 6.45) is 1.94. The van der Waals surface area contributed by atoms with Crippen LogP contribution in [-0.4, -0.2) is 59.1 Å². The Bertz CT molecular complexity index is 674. The Balaban J connectivity index is 1.50. The van der Waals surface area contributed by atoms with Crippen LogP contribution in [0.2, 0.25) is 0 Å². The Morgan fingerprint density at radius 3 is 2.58 bits per heavy atom. The number of hydrogen-bond donors (Lipinski definition) is 1. The Kier molecular flexibility index (Phi) is 5.53. The maximum absolute atomic E-state index is 12.6. The smallest absolute Gasteiger partial charge is 0.410 e. The quantitative estimate of drug-likeness (QED) is 0.854. The average Bonchev–Trinajstić information content (AvgIpc) is 2.94. The van der Waals surface area contributed by atoms with Crippen molar-refractivity contribution >= 4 is 28.5 Å². The van der Waals surface area contributed by atoms with Gasteiger partial charge >= 0.3 is 6.09 Å². The van der Waals surface area contributed by atoms with E-state index in [4.69, 9.17) is 4.74 Å². The van der Waals surface area contributed by atoms with Crippen LogP contribution in [0.25, 0.3) is 0 Å². The molecular formula is C18H28N4O3S. The first kappa shape index (κ1) is 19.1. The number of nitrogens with one attached hydrogen (secondary N) is 1. The molecule has 1 N–H and O–H groups in total. The fourth-order valence-corrected chi connectivity index (χ4v) is 4.33. The average molecular weight is 381 g/mol. The molecule has 7 nitrogen and oxygen atoms in total. The fraction of sp³-hybridized carbons (Fsp3) is 0.722. The van der Waals surface area contributed by atoms with Gasteiger partial charge in [0.25, 0.3) is 0 Å². The predicted octanol–water partition coefficient (Wildman–Crippen LogP) is 2.72. The van der Waals surface area contributed by atoms with Crippen molar-refractivity contribution in [2.45, 2.75) is 52.2 Å². The molecule has 1 aromatic heterocycles. The molecule has 0 saturated carbocycles. The minimum absolute atomic E-state index is 0.00768. The Hall–Kier alpha value is -1.67. The van der Waals surface area contributed by atoms with Gasteiger partial charge in [-0.1, -0.05) is 0 Å². The van der Waals surface area contributed by atoms with Crippen molar-refractivity contribution < 1.29 is 14.3 Å². The van der Waals surface area contributed by atoms with Gasteiger partial charge in [0.2, 0.25) is 5.91 Å². The van der Waals surface area contributed by atoms with E-state index in [1.165, 1.54) is 4.88 Å². The number of hydrogen-bond acceptors (Lipinski definition) is 6. The number of likely N-dealkylation sites (tertiary alicyclic amines) is 1. The van der Waals surface area contributed by atoms with Gasteiger partial charge in [-0.05, 0) is 40.7 Å². The van der Waals surface area contributed by atoms with Crippen LogP contribution in [0.1, 0.15) is 44.2 Å². The van der Waals surface area contributed by atoms with Gasteiger partial charge < -0.3 is 19.9 Å². The van der Waals surface area contributed by atoms with Crippen molar-refractivity contribution in [1.82, 2.24) is 14.8 Å². The maximum atomic E-state index is 12.6. The van der Waals surface area contributed by atoms with Crippen molar-refractivity contribution in [3.8, 4) is 0 Å². The summed E-state index contributed by atoms with van der Waals surface area (Å²) in [5, 5.41) is 3.68. The number of likely N-dealkylation sites (N-methyl/N-ethyl adjacent to an activating group) is 1. The Morgan fingerprint density at radius 2 is 1.92 bits per heavy atom. The maximum Gasteiger partial charge on any atom is 0.410 e. The number of piperidine rings is 1. The predicted molar refractivity (Wildman–Crippen MR) is 101 cm³/mol. The highest BCUT2D eigenvalue weighted by atomic mass is 32.1. The fourth-order valence-electron chi connectivity index (χ4n) is 3.23. The molecule has 0 bridgehead atoms. The van der Waals surface area contributed by atoms with Gasteiger partial charge in [-0.25, -0.2) is 9.78 Å². The molecular weight excluding hydrogens is 352 g/mol. The van der Waals surface area contributed by atoms with E-state index in [1.807, 2.05) is 20.8 Å². The van der Waals surface area contributed by atoms with Crippen LogP contribution in [0, 0.1) is 5.92 Å². The normalized spacial score (nSPS) is 19.2. The van der Waals surface area contributed by atoms with Gasteiger partial charge in [0.1, 0.15) is 5.60 Å². The third-order valence-corrected chi connectivity index (χ3v) is 5.67. The Labute approximate surface area is 158 Å². The van der Waals surface area contributed by atoms with E-state index < -0.39 is 5.60 Å². The lowest BCUT2D eigenvalue weighted by Gasteiger charge is -2.32. The second kappa shape index (κ2) is 7.52. The van der Waals surface area contributed by atoms with Gasteiger partial charge in [-0.15, -0.1) is 11.3 Å². The number of rotatable bonds is 2. The first-order valence-corrected chi connectivity index (χ1v) is 9.99. The number of carbonyl (C=O) groups is 2. The summed E-state index contributed by atoms with van der Waals surface area (Å²) in [5.41, 5.74) is 0.617. The molecule has 3 heterocycles. The summed E-state index contributed by atoms with van der Waals surface area (Å²) in [4.78, 5) is 34.4. The van der Waals surface area contributed by atoms with Gasteiger partial charge in [0, 0.05) is 43.4 Å². The standard InChI is InChI=1S/C18H28N4O3S/c1-18(2,3)25-17(24)22-9-5-12(6-10-22)15(23)20-16-19-13-7-8-21(4)11-14(13)26-16/h12H,5-11H2,1-4H3,(H,19,20,23). The van der Waals surface area contributed by atoms with Crippen molar-refractivity contribution in [2.24, 2.45) is 5.92 Å². The van der Waals surface area contributed by atoms with Crippen LogP contribution in [0.5, 0.6) is 0 Å². The van der Waals surface area contributed by atoms with Crippen molar-refractivity contribution in [2.75, 3.05) is 32.0 Å². The molecule has 26 heavy (non-hydrogen) atoms. The highest BCUT2D eigenvalue weighted by molar-refractivity contribution is 7.15. The van der Waals surface area contributed by atoms with Crippen molar-refractivity contribution in [1.29, 1.82) is 0 Å².